The van der Waals surface area contributed by atoms with Crippen molar-refractivity contribution < 1.29 is 9.84 Å². The second-order valence-corrected chi connectivity index (χ2v) is 8.64. The van der Waals surface area contributed by atoms with Crippen molar-refractivity contribution >= 4 is 28.0 Å². The summed E-state index contributed by atoms with van der Waals surface area (Å²) >= 11 is 0. The van der Waals surface area contributed by atoms with Crippen molar-refractivity contribution in [3.63, 3.8) is 0 Å². The Bertz CT molecular complexity index is 1320. The SMILES string of the molecule is Cc1cc(Oc2nc(O)c3ccncc3n2)ccc1N(C)c1cccc(N2CCN(C)CC2)c1. The molecule has 0 unspecified atom stereocenters. The van der Waals surface area contributed by atoms with Gasteiger partial charge in [0, 0.05) is 56.5 Å². The first kappa shape index (κ1) is 21.9. The number of anilines is 3. The summed E-state index contributed by atoms with van der Waals surface area (Å²) in [5.41, 5.74) is 5.03. The summed E-state index contributed by atoms with van der Waals surface area (Å²) in [7, 11) is 4.24. The molecule has 34 heavy (non-hydrogen) atoms. The molecule has 0 amide bonds. The van der Waals surface area contributed by atoms with Crippen LogP contribution in [0.3, 0.4) is 0 Å². The predicted molar refractivity (Wildman–Crippen MR) is 134 cm³/mol. The van der Waals surface area contributed by atoms with Gasteiger partial charge in [-0.3, -0.25) is 4.98 Å². The van der Waals surface area contributed by atoms with Gasteiger partial charge in [0.1, 0.15) is 5.75 Å². The number of rotatable bonds is 5. The Morgan fingerprint density at radius 1 is 1.00 bits per heavy atom. The Kier molecular flexibility index (Phi) is 5.90. The lowest BCUT2D eigenvalue weighted by molar-refractivity contribution is 0.313. The van der Waals surface area contributed by atoms with Crippen molar-refractivity contribution in [2.45, 2.75) is 6.92 Å². The summed E-state index contributed by atoms with van der Waals surface area (Å²) in [6.07, 6.45) is 3.16. The van der Waals surface area contributed by atoms with E-state index in [0.29, 0.717) is 16.7 Å². The van der Waals surface area contributed by atoms with E-state index in [1.54, 1.807) is 18.5 Å². The standard InChI is InChI=1S/C26H28N6O2/c1-18-15-21(34-26-28-23-17-27-10-9-22(23)25(33)29-26)7-8-24(18)31(3)19-5-4-6-20(16-19)32-13-11-30(2)12-14-32/h4-10,15-17H,11-14H2,1-3H3,(H,28,29,33). The van der Waals surface area contributed by atoms with Crippen molar-refractivity contribution in [2.24, 2.45) is 0 Å². The van der Waals surface area contributed by atoms with Crippen LogP contribution in [0, 0.1) is 6.92 Å². The molecule has 2 aromatic heterocycles. The van der Waals surface area contributed by atoms with Gasteiger partial charge in [0.15, 0.2) is 0 Å². The normalized spacial score (nSPS) is 14.4. The highest BCUT2D eigenvalue weighted by Gasteiger charge is 2.16. The van der Waals surface area contributed by atoms with Gasteiger partial charge < -0.3 is 24.5 Å². The molecule has 8 nitrogen and oxygen atoms in total. The fraction of sp³-hybridized carbons (Fsp3) is 0.269. The molecule has 8 heteroatoms. The highest BCUT2D eigenvalue weighted by molar-refractivity contribution is 5.82. The molecule has 0 bridgehead atoms. The van der Waals surface area contributed by atoms with Crippen LogP contribution in [0.25, 0.3) is 10.9 Å². The molecule has 0 saturated carbocycles. The molecule has 1 aliphatic heterocycles. The molecule has 1 saturated heterocycles. The van der Waals surface area contributed by atoms with Crippen LogP contribution in [-0.4, -0.2) is 65.2 Å². The molecule has 0 atom stereocenters. The fourth-order valence-electron chi connectivity index (χ4n) is 4.26. The van der Waals surface area contributed by atoms with Crippen molar-refractivity contribution in [1.82, 2.24) is 19.9 Å². The van der Waals surface area contributed by atoms with Gasteiger partial charge in [-0.2, -0.15) is 9.97 Å². The number of fused-ring (bicyclic) bond motifs is 1. The highest BCUT2D eigenvalue weighted by atomic mass is 16.5. The zero-order chi connectivity index (χ0) is 23.7. The number of likely N-dealkylation sites (N-methyl/N-ethyl adjacent to an activating group) is 1. The molecule has 3 heterocycles. The van der Waals surface area contributed by atoms with Gasteiger partial charge >= 0.3 is 6.01 Å². The smallest absolute Gasteiger partial charge is 0.325 e. The Morgan fingerprint density at radius 3 is 2.62 bits per heavy atom. The van der Waals surface area contributed by atoms with Crippen molar-refractivity contribution in [3.05, 3.63) is 66.5 Å². The zero-order valence-electron chi connectivity index (χ0n) is 19.6. The molecular formula is C26H28N6O2. The fourth-order valence-corrected chi connectivity index (χ4v) is 4.26. The minimum atomic E-state index is -0.129. The summed E-state index contributed by atoms with van der Waals surface area (Å²) < 4.78 is 5.86. The lowest BCUT2D eigenvalue weighted by Gasteiger charge is -2.34. The number of hydrogen-bond donors (Lipinski definition) is 1. The monoisotopic (exact) mass is 456 g/mol. The van der Waals surface area contributed by atoms with Crippen LogP contribution in [0.15, 0.2) is 60.9 Å². The Labute approximate surface area is 199 Å². The molecule has 1 fully saturated rings. The average Bonchev–Trinajstić information content (AvgIpc) is 2.84. The second kappa shape index (κ2) is 9.15. The van der Waals surface area contributed by atoms with Crippen LogP contribution in [0.5, 0.6) is 17.6 Å². The maximum absolute atomic E-state index is 10.2. The summed E-state index contributed by atoms with van der Waals surface area (Å²) in [5.74, 6) is 0.471. The van der Waals surface area contributed by atoms with Gasteiger partial charge in [-0.25, -0.2) is 0 Å². The topological polar surface area (TPSA) is 77.8 Å². The maximum Gasteiger partial charge on any atom is 0.325 e. The van der Waals surface area contributed by atoms with Gasteiger partial charge in [-0.05, 0) is 62.0 Å². The summed E-state index contributed by atoms with van der Waals surface area (Å²) in [6, 6.07) is 16.3. The zero-order valence-corrected chi connectivity index (χ0v) is 19.6. The Hall–Kier alpha value is -3.91. The number of hydrogen-bond acceptors (Lipinski definition) is 8. The van der Waals surface area contributed by atoms with E-state index in [1.165, 1.54) is 5.69 Å². The first-order valence-electron chi connectivity index (χ1n) is 11.3. The first-order valence-corrected chi connectivity index (χ1v) is 11.3. The summed E-state index contributed by atoms with van der Waals surface area (Å²) in [6.45, 7) is 6.28. The molecule has 4 aromatic rings. The number of aromatic nitrogens is 3. The average molecular weight is 457 g/mol. The first-order chi connectivity index (χ1) is 16.5. The number of nitrogens with zero attached hydrogens (tertiary/aromatic N) is 6. The van der Waals surface area contributed by atoms with E-state index in [2.05, 4.69) is 68.0 Å². The van der Waals surface area contributed by atoms with E-state index < -0.39 is 0 Å². The van der Waals surface area contributed by atoms with E-state index in [0.717, 1.165) is 43.1 Å². The third-order valence-electron chi connectivity index (χ3n) is 6.28. The van der Waals surface area contributed by atoms with Crippen molar-refractivity contribution in [2.75, 3.05) is 50.1 Å². The lowest BCUT2D eigenvalue weighted by Crippen LogP contribution is -2.44. The third-order valence-corrected chi connectivity index (χ3v) is 6.28. The Balaban J connectivity index is 1.35. The number of pyridine rings is 1. The van der Waals surface area contributed by atoms with Crippen LogP contribution in [0.1, 0.15) is 5.56 Å². The van der Waals surface area contributed by atoms with E-state index in [-0.39, 0.29) is 11.9 Å². The minimum absolute atomic E-state index is 0.0818. The minimum Gasteiger partial charge on any atom is -0.493 e. The number of piperazine rings is 1. The van der Waals surface area contributed by atoms with Gasteiger partial charge in [0.25, 0.3) is 0 Å². The quantitative estimate of drug-likeness (QED) is 0.475. The number of aryl methyl sites for hydroxylation is 1. The molecule has 0 spiro atoms. The van der Waals surface area contributed by atoms with E-state index in [4.69, 9.17) is 4.74 Å². The van der Waals surface area contributed by atoms with Crippen molar-refractivity contribution in [1.29, 1.82) is 0 Å². The molecule has 2 aromatic carbocycles. The molecule has 0 radical (unpaired) electrons. The third kappa shape index (κ3) is 4.45. The summed E-state index contributed by atoms with van der Waals surface area (Å²) in [5, 5.41) is 10.7. The lowest BCUT2D eigenvalue weighted by atomic mass is 10.1. The van der Waals surface area contributed by atoms with Crippen LogP contribution >= 0.6 is 0 Å². The molecular weight excluding hydrogens is 428 g/mol. The largest absolute Gasteiger partial charge is 0.493 e. The van der Waals surface area contributed by atoms with Crippen LogP contribution in [0.2, 0.25) is 0 Å². The van der Waals surface area contributed by atoms with Gasteiger partial charge in [-0.1, -0.05) is 6.07 Å². The number of benzene rings is 2. The summed E-state index contributed by atoms with van der Waals surface area (Å²) in [4.78, 5) is 19.5. The van der Waals surface area contributed by atoms with Crippen LogP contribution in [0.4, 0.5) is 17.1 Å². The highest BCUT2D eigenvalue weighted by Crippen LogP contribution is 2.33. The molecule has 5 rings (SSSR count). The van der Waals surface area contributed by atoms with Gasteiger partial charge in [0.2, 0.25) is 5.88 Å². The Morgan fingerprint density at radius 2 is 1.82 bits per heavy atom. The molecule has 174 valence electrons. The van der Waals surface area contributed by atoms with Gasteiger partial charge in [-0.15, -0.1) is 0 Å². The number of ether oxygens (including phenoxy) is 1. The number of aromatic hydroxyl groups is 1. The van der Waals surface area contributed by atoms with E-state index in [1.807, 2.05) is 25.1 Å². The van der Waals surface area contributed by atoms with Crippen molar-refractivity contribution in [3.8, 4) is 17.6 Å². The van der Waals surface area contributed by atoms with Gasteiger partial charge in [0.05, 0.1) is 17.1 Å². The van der Waals surface area contributed by atoms with E-state index >= 15 is 0 Å². The van der Waals surface area contributed by atoms with Crippen LogP contribution in [-0.2, 0) is 0 Å². The van der Waals surface area contributed by atoms with E-state index in [9.17, 15) is 5.11 Å². The van der Waals surface area contributed by atoms with Crippen LogP contribution < -0.4 is 14.5 Å². The predicted octanol–water partition coefficient (Wildman–Crippen LogP) is 4.35. The second-order valence-electron chi connectivity index (χ2n) is 8.64. The molecule has 0 aliphatic carbocycles. The molecule has 1 aliphatic rings. The maximum atomic E-state index is 10.2. The molecule has 1 N–H and O–H groups in total.